The molecule has 4 nitrogen and oxygen atoms in total. The molecule has 0 aromatic carbocycles. The van der Waals surface area contributed by atoms with E-state index in [1.54, 1.807) is 0 Å². The van der Waals surface area contributed by atoms with E-state index in [4.69, 9.17) is 4.74 Å². The van der Waals surface area contributed by atoms with Gasteiger partial charge < -0.3 is 15.0 Å². The Morgan fingerprint density at radius 1 is 1.12 bits per heavy atom. The molecule has 4 heteroatoms. The largest absolute Gasteiger partial charge is 0.444 e. The first-order valence-corrected chi connectivity index (χ1v) is 9.81. The molecule has 0 radical (unpaired) electrons. The second-order valence-electron chi connectivity index (χ2n) is 9.70. The minimum atomic E-state index is -0.418. The normalized spacial score (nSPS) is 31.4. The molecule has 140 valence electrons. The Morgan fingerprint density at radius 3 is 2.46 bits per heavy atom. The molecule has 1 amide bonds. The number of piperidine rings is 1. The molecule has 1 N–H and O–H groups in total. The number of hydrogen-bond donors (Lipinski definition) is 1. The van der Waals surface area contributed by atoms with Crippen LogP contribution in [0.1, 0.15) is 86.5 Å². The number of ether oxygens (including phenoxy) is 1. The summed E-state index contributed by atoms with van der Waals surface area (Å²) in [5.74, 6) is 0. The van der Waals surface area contributed by atoms with Gasteiger partial charge in [0, 0.05) is 24.7 Å². The van der Waals surface area contributed by atoms with Crippen LogP contribution in [0, 0.1) is 5.41 Å². The lowest BCUT2D eigenvalue weighted by Gasteiger charge is -2.39. The standard InChI is InChI=1S/C20H38N2O2/c1-15-14-17(10-13-22(15)18(23)24-19(2,3)4)21-16-8-7-11-20(5,6)12-9-16/h15-17,21H,7-14H2,1-6H3. The number of amides is 1. The van der Waals surface area contributed by atoms with Crippen molar-refractivity contribution in [1.82, 2.24) is 10.2 Å². The third kappa shape index (κ3) is 5.94. The van der Waals surface area contributed by atoms with Gasteiger partial charge in [-0.3, -0.25) is 0 Å². The predicted octanol–water partition coefficient (Wildman–Crippen LogP) is 4.72. The Kier molecular flexibility index (Phi) is 6.22. The molecule has 1 saturated carbocycles. The van der Waals surface area contributed by atoms with Crippen molar-refractivity contribution in [3.63, 3.8) is 0 Å². The van der Waals surface area contributed by atoms with Crippen molar-refractivity contribution in [3.05, 3.63) is 0 Å². The monoisotopic (exact) mass is 338 g/mol. The molecule has 24 heavy (non-hydrogen) atoms. The Bertz CT molecular complexity index is 428. The molecule has 1 saturated heterocycles. The lowest BCUT2D eigenvalue weighted by Crippen LogP contribution is -2.52. The Morgan fingerprint density at radius 2 is 1.83 bits per heavy atom. The van der Waals surface area contributed by atoms with Crippen molar-refractivity contribution < 1.29 is 9.53 Å². The quantitative estimate of drug-likeness (QED) is 0.741. The maximum absolute atomic E-state index is 12.3. The molecule has 2 aliphatic rings. The number of nitrogens with zero attached hydrogens (tertiary/aromatic N) is 1. The average Bonchev–Trinajstić information content (AvgIpc) is 2.58. The Labute approximate surface area is 148 Å². The van der Waals surface area contributed by atoms with Gasteiger partial charge in [-0.15, -0.1) is 0 Å². The van der Waals surface area contributed by atoms with Crippen LogP contribution in [0.15, 0.2) is 0 Å². The first-order chi connectivity index (χ1) is 11.1. The highest BCUT2D eigenvalue weighted by Gasteiger charge is 2.33. The van der Waals surface area contributed by atoms with Gasteiger partial charge in [0.15, 0.2) is 0 Å². The van der Waals surface area contributed by atoms with Gasteiger partial charge in [0.25, 0.3) is 0 Å². The molecule has 0 aromatic rings. The van der Waals surface area contributed by atoms with E-state index in [1.807, 2.05) is 25.7 Å². The minimum absolute atomic E-state index is 0.162. The van der Waals surface area contributed by atoms with E-state index >= 15 is 0 Å². The van der Waals surface area contributed by atoms with Gasteiger partial charge in [-0.25, -0.2) is 4.79 Å². The second kappa shape index (κ2) is 7.63. The van der Waals surface area contributed by atoms with Crippen LogP contribution >= 0.6 is 0 Å². The summed E-state index contributed by atoms with van der Waals surface area (Å²) in [5.41, 5.74) is 0.0862. The first-order valence-electron chi connectivity index (χ1n) is 9.81. The van der Waals surface area contributed by atoms with Gasteiger partial charge in [-0.05, 0) is 71.6 Å². The number of rotatable bonds is 2. The fourth-order valence-corrected chi connectivity index (χ4v) is 4.08. The van der Waals surface area contributed by atoms with Gasteiger partial charge in [0.05, 0.1) is 0 Å². The molecule has 3 atom stereocenters. The van der Waals surface area contributed by atoms with Gasteiger partial charge in [-0.2, -0.15) is 0 Å². The fraction of sp³-hybridized carbons (Fsp3) is 0.950. The summed E-state index contributed by atoms with van der Waals surface area (Å²) in [7, 11) is 0. The minimum Gasteiger partial charge on any atom is -0.444 e. The van der Waals surface area contributed by atoms with E-state index in [2.05, 4.69) is 26.1 Å². The van der Waals surface area contributed by atoms with Crippen LogP contribution in [0.3, 0.4) is 0 Å². The maximum atomic E-state index is 12.3. The van der Waals surface area contributed by atoms with E-state index in [9.17, 15) is 4.79 Å². The van der Waals surface area contributed by atoms with Crippen molar-refractivity contribution in [1.29, 1.82) is 0 Å². The fourth-order valence-electron chi connectivity index (χ4n) is 4.08. The van der Waals surface area contributed by atoms with Crippen molar-refractivity contribution in [3.8, 4) is 0 Å². The second-order valence-corrected chi connectivity index (χ2v) is 9.70. The predicted molar refractivity (Wildman–Crippen MR) is 99.2 cm³/mol. The van der Waals surface area contributed by atoms with Crippen LogP contribution in [0.5, 0.6) is 0 Å². The average molecular weight is 339 g/mol. The van der Waals surface area contributed by atoms with E-state index in [-0.39, 0.29) is 12.1 Å². The van der Waals surface area contributed by atoms with Crippen LogP contribution in [-0.4, -0.2) is 41.3 Å². The van der Waals surface area contributed by atoms with Crippen LogP contribution in [-0.2, 0) is 4.74 Å². The lowest BCUT2D eigenvalue weighted by atomic mass is 9.85. The molecule has 2 rings (SSSR count). The van der Waals surface area contributed by atoms with Gasteiger partial charge >= 0.3 is 6.09 Å². The van der Waals surface area contributed by atoms with E-state index < -0.39 is 5.60 Å². The highest BCUT2D eigenvalue weighted by Crippen LogP contribution is 2.34. The third-order valence-electron chi connectivity index (χ3n) is 5.55. The molecule has 1 aliphatic heterocycles. The van der Waals surface area contributed by atoms with E-state index in [0.29, 0.717) is 17.5 Å². The molecule has 1 aliphatic carbocycles. The molecule has 3 unspecified atom stereocenters. The summed E-state index contributed by atoms with van der Waals surface area (Å²) in [6.07, 6.45) is 8.47. The Balaban J connectivity index is 1.81. The number of carbonyl (C=O) groups excluding carboxylic acids is 1. The molecule has 0 bridgehead atoms. The molecule has 0 aromatic heterocycles. The van der Waals surface area contributed by atoms with E-state index in [0.717, 1.165) is 19.4 Å². The molecule has 2 fully saturated rings. The highest BCUT2D eigenvalue weighted by atomic mass is 16.6. The van der Waals surface area contributed by atoms with Crippen LogP contribution < -0.4 is 5.32 Å². The summed E-state index contributed by atoms with van der Waals surface area (Å²) in [6, 6.07) is 1.43. The van der Waals surface area contributed by atoms with Gasteiger partial charge in [0.1, 0.15) is 5.60 Å². The van der Waals surface area contributed by atoms with Crippen LogP contribution in [0.25, 0.3) is 0 Å². The van der Waals surface area contributed by atoms with Crippen molar-refractivity contribution in [2.75, 3.05) is 6.54 Å². The maximum Gasteiger partial charge on any atom is 0.410 e. The van der Waals surface area contributed by atoms with Crippen LogP contribution in [0.4, 0.5) is 4.79 Å². The zero-order chi connectivity index (χ0) is 18.0. The molecular weight excluding hydrogens is 300 g/mol. The number of nitrogens with one attached hydrogen (secondary N) is 1. The van der Waals surface area contributed by atoms with Crippen molar-refractivity contribution in [2.24, 2.45) is 5.41 Å². The zero-order valence-corrected chi connectivity index (χ0v) is 16.7. The molecule has 1 heterocycles. The number of carbonyl (C=O) groups is 1. The number of hydrogen-bond acceptors (Lipinski definition) is 3. The van der Waals surface area contributed by atoms with Crippen molar-refractivity contribution >= 4 is 6.09 Å². The molecular formula is C20H38N2O2. The van der Waals surface area contributed by atoms with Crippen molar-refractivity contribution in [2.45, 2.75) is 110 Å². The Hall–Kier alpha value is -0.770. The summed E-state index contributed by atoms with van der Waals surface area (Å²) < 4.78 is 5.54. The summed E-state index contributed by atoms with van der Waals surface area (Å²) in [4.78, 5) is 14.2. The van der Waals surface area contributed by atoms with E-state index in [1.165, 1.54) is 32.1 Å². The SMILES string of the molecule is CC1CC(NC2CCCC(C)(C)CC2)CCN1C(=O)OC(C)(C)C. The third-order valence-corrected chi connectivity index (χ3v) is 5.55. The summed E-state index contributed by atoms with van der Waals surface area (Å²) in [6.45, 7) is 13.5. The van der Waals surface area contributed by atoms with Crippen LogP contribution in [0.2, 0.25) is 0 Å². The zero-order valence-electron chi connectivity index (χ0n) is 16.7. The van der Waals surface area contributed by atoms with Gasteiger partial charge in [0.2, 0.25) is 0 Å². The summed E-state index contributed by atoms with van der Waals surface area (Å²) >= 11 is 0. The highest BCUT2D eigenvalue weighted by molar-refractivity contribution is 5.68. The smallest absolute Gasteiger partial charge is 0.410 e. The lowest BCUT2D eigenvalue weighted by molar-refractivity contribution is 0.00890. The summed E-state index contributed by atoms with van der Waals surface area (Å²) in [5, 5.41) is 3.89. The number of likely N-dealkylation sites (tertiary alicyclic amines) is 1. The first kappa shape index (κ1) is 19.6. The topological polar surface area (TPSA) is 41.6 Å². The van der Waals surface area contributed by atoms with Gasteiger partial charge in [-0.1, -0.05) is 20.3 Å². The molecule has 0 spiro atoms.